The van der Waals surface area contributed by atoms with Gasteiger partial charge in [0.05, 0.1) is 16.8 Å². The number of aryl methyl sites for hydroxylation is 3. The SMILES string of the molecule is COC1O[C@H](CCS(=O)(=O)c2c(C)cc(C)cc2C)C(O)[C@@H](O)[C@@H]1O. The number of sulfone groups is 1. The van der Waals surface area contributed by atoms with Crippen molar-refractivity contribution in [3.63, 3.8) is 0 Å². The van der Waals surface area contributed by atoms with Crippen LogP contribution in [0.5, 0.6) is 0 Å². The summed E-state index contributed by atoms with van der Waals surface area (Å²) in [5.74, 6) is -0.251. The van der Waals surface area contributed by atoms with Crippen molar-refractivity contribution in [1.82, 2.24) is 0 Å². The lowest BCUT2D eigenvalue weighted by Crippen LogP contribution is -2.58. The van der Waals surface area contributed by atoms with Gasteiger partial charge in [-0.3, -0.25) is 0 Å². The highest BCUT2D eigenvalue weighted by molar-refractivity contribution is 7.91. The molecule has 2 rings (SSSR count). The first-order chi connectivity index (χ1) is 11.6. The van der Waals surface area contributed by atoms with Crippen LogP contribution in [0.1, 0.15) is 23.1 Å². The van der Waals surface area contributed by atoms with Crippen LogP contribution >= 0.6 is 0 Å². The van der Waals surface area contributed by atoms with Crippen molar-refractivity contribution in [2.24, 2.45) is 0 Å². The summed E-state index contributed by atoms with van der Waals surface area (Å²) < 4.78 is 35.8. The maximum absolute atomic E-state index is 12.8. The van der Waals surface area contributed by atoms with Crippen LogP contribution in [-0.2, 0) is 19.3 Å². The van der Waals surface area contributed by atoms with Crippen molar-refractivity contribution in [3.05, 3.63) is 28.8 Å². The molecule has 1 fully saturated rings. The molecule has 0 amide bonds. The van der Waals surface area contributed by atoms with E-state index in [0.717, 1.165) is 5.56 Å². The first-order valence-electron chi connectivity index (χ1n) is 8.11. The Morgan fingerprint density at radius 2 is 1.60 bits per heavy atom. The highest BCUT2D eigenvalue weighted by atomic mass is 32.2. The molecule has 1 aliphatic heterocycles. The maximum Gasteiger partial charge on any atom is 0.186 e. The van der Waals surface area contributed by atoms with Crippen molar-refractivity contribution in [3.8, 4) is 0 Å². The molecule has 0 saturated carbocycles. The van der Waals surface area contributed by atoms with Gasteiger partial charge in [0.25, 0.3) is 0 Å². The van der Waals surface area contributed by atoms with Crippen LogP contribution in [0.3, 0.4) is 0 Å². The van der Waals surface area contributed by atoms with Gasteiger partial charge in [0.2, 0.25) is 0 Å². The Balaban J connectivity index is 2.17. The van der Waals surface area contributed by atoms with E-state index in [-0.39, 0.29) is 17.1 Å². The monoisotopic (exact) mass is 374 g/mol. The quantitative estimate of drug-likeness (QED) is 0.676. The lowest BCUT2D eigenvalue weighted by atomic mass is 9.97. The molecule has 8 heteroatoms. The first-order valence-corrected chi connectivity index (χ1v) is 9.76. The molecule has 0 bridgehead atoms. The van der Waals surface area contributed by atoms with E-state index >= 15 is 0 Å². The molecule has 1 heterocycles. The van der Waals surface area contributed by atoms with Gasteiger partial charge in [0, 0.05) is 7.11 Å². The fraction of sp³-hybridized carbons (Fsp3) is 0.647. The molecule has 1 saturated heterocycles. The number of hydrogen-bond donors (Lipinski definition) is 3. The molecule has 1 aromatic rings. The summed E-state index contributed by atoms with van der Waals surface area (Å²) in [4.78, 5) is 0.285. The van der Waals surface area contributed by atoms with Crippen LogP contribution < -0.4 is 0 Å². The van der Waals surface area contributed by atoms with Gasteiger partial charge in [-0.05, 0) is 38.3 Å². The average Bonchev–Trinajstić information content (AvgIpc) is 2.50. The third kappa shape index (κ3) is 4.21. The Bertz CT molecular complexity index is 691. The minimum absolute atomic E-state index is 0.0279. The van der Waals surface area contributed by atoms with Crippen LogP contribution in [0.15, 0.2) is 17.0 Å². The Morgan fingerprint density at radius 3 is 2.12 bits per heavy atom. The molecule has 1 aromatic carbocycles. The van der Waals surface area contributed by atoms with Crippen LogP contribution in [0.2, 0.25) is 0 Å². The minimum atomic E-state index is -3.59. The summed E-state index contributed by atoms with van der Waals surface area (Å²) in [6, 6.07) is 3.62. The van der Waals surface area contributed by atoms with E-state index in [1.165, 1.54) is 7.11 Å². The summed E-state index contributed by atoms with van der Waals surface area (Å²) in [7, 11) is -2.30. The van der Waals surface area contributed by atoms with Crippen molar-refractivity contribution >= 4 is 9.84 Å². The zero-order valence-electron chi connectivity index (χ0n) is 14.8. The Labute approximate surface area is 148 Å². The van der Waals surface area contributed by atoms with Crippen LogP contribution in [0.4, 0.5) is 0 Å². The van der Waals surface area contributed by atoms with Gasteiger partial charge in [-0.1, -0.05) is 17.7 Å². The predicted molar refractivity (Wildman–Crippen MR) is 91.0 cm³/mol. The van der Waals surface area contributed by atoms with Gasteiger partial charge in [-0.15, -0.1) is 0 Å². The first kappa shape index (κ1) is 20.3. The summed E-state index contributed by atoms with van der Waals surface area (Å²) in [6.07, 6.45) is -6.35. The standard InChI is InChI=1S/C17H26O7S/c1-9-7-10(2)16(11(3)8-9)25(21,22)6-5-12-13(18)14(19)15(20)17(23-4)24-12/h7-8,12-15,17-20H,5-6H2,1-4H3/t12-,13?,14-,15+,17?/m1/s1. The predicted octanol–water partition coefficient (Wildman–Crippen LogP) is 0.230. The third-order valence-electron chi connectivity index (χ3n) is 4.49. The van der Waals surface area contributed by atoms with Crippen molar-refractivity contribution in [2.45, 2.75) is 62.8 Å². The second-order valence-corrected chi connectivity index (χ2v) is 8.63. The fourth-order valence-electron chi connectivity index (χ4n) is 3.38. The fourth-order valence-corrected chi connectivity index (χ4v) is 5.23. The van der Waals surface area contributed by atoms with Gasteiger partial charge in [-0.2, -0.15) is 0 Å². The number of aliphatic hydroxyl groups excluding tert-OH is 3. The molecule has 0 aromatic heterocycles. The number of aliphatic hydroxyl groups is 3. The molecule has 25 heavy (non-hydrogen) atoms. The Morgan fingerprint density at radius 1 is 1.04 bits per heavy atom. The summed E-state index contributed by atoms with van der Waals surface area (Å²) in [6.45, 7) is 5.40. The van der Waals surface area contributed by atoms with Crippen LogP contribution in [-0.4, -0.2) is 67.3 Å². The van der Waals surface area contributed by atoms with Crippen LogP contribution in [0.25, 0.3) is 0 Å². The number of ether oxygens (including phenoxy) is 2. The lowest BCUT2D eigenvalue weighted by molar-refractivity contribution is -0.289. The topological polar surface area (TPSA) is 113 Å². The maximum atomic E-state index is 12.8. The lowest BCUT2D eigenvalue weighted by Gasteiger charge is -2.39. The molecular formula is C17H26O7S. The van der Waals surface area contributed by atoms with Gasteiger partial charge in [0.15, 0.2) is 16.1 Å². The van der Waals surface area contributed by atoms with Crippen molar-refractivity contribution in [2.75, 3.05) is 12.9 Å². The number of benzene rings is 1. The van der Waals surface area contributed by atoms with E-state index in [2.05, 4.69) is 0 Å². The van der Waals surface area contributed by atoms with Gasteiger partial charge < -0.3 is 24.8 Å². The third-order valence-corrected chi connectivity index (χ3v) is 6.53. The molecule has 0 radical (unpaired) electrons. The largest absolute Gasteiger partial charge is 0.388 e. The molecule has 0 spiro atoms. The normalized spacial score (nSPS) is 30.4. The average molecular weight is 374 g/mol. The molecule has 3 N–H and O–H groups in total. The van der Waals surface area contributed by atoms with E-state index in [1.807, 2.05) is 19.1 Å². The molecule has 0 aliphatic carbocycles. The number of rotatable bonds is 5. The molecular weight excluding hydrogens is 348 g/mol. The second-order valence-electron chi connectivity index (χ2n) is 6.59. The Kier molecular flexibility index (Phi) is 6.24. The summed E-state index contributed by atoms with van der Waals surface area (Å²) in [5.41, 5.74) is 2.33. The van der Waals surface area contributed by atoms with Gasteiger partial charge in [-0.25, -0.2) is 8.42 Å². The van der Waals surface area contributed by atoms with Crippen molar-refractivity contribution < 1.29 is 33.2 Å². The van der Waals surface area contributed by atoms with Crippen molar-refractivity contribution in [1.29, 1.82) is 0 Å². The Hall–Kier alpha value is -1.03. The second kappa shape index (κ2) is 7.69. The van der Waals surface area contributed by atoms with Gasteiger partial charge in [0.1, 0.15) is 18.3 Å². The summed E-state index contributed by atoms with van der Waals surface area (Å²) >= 11 is 0. The highest BCUT2D eigenvalue weighted by Gasteiger charge is 2.44. The van der Waals surface area contributed by atoms with E-state index in [1.54, 1.807) is 13.8 Å². The van der Waals surface area contributed by atoms with Crippen LogP contribution in [0, 0.1) is 20.8 Å². The molecule has 5 atom stereocenters. The zero-order valence-corrected chi connectivity index (χ0v) is 15.7. The van der Waals surface area contributed by atoms with Gasteiger partial charge >= 0.3 is 0 Å². The molecule has 2 unspecified atom stereocenters. The minimum Gasteiger partial charge on any atom is -0.388 e. The van der Waals surface area contributed by atoms with E-state index in [4.69, 9.17) is 9.47 Å². The molecule has 7 nitrogen and oxygen atoms in total. The summed E-state index contributed by atoms with van der Waals surface area (Å²) in [5, 5.41) is 29.7. The van der Waals surface area contributed by atoms with E-state index < -0.39 is 40.5 Å². The molecule has 142 valence electrons. The smallest absolute Gasteiger partial charge is 0.186 e. The number of hydrogen-bond acceptors (Lipinski definition) is 7. The van der Waals surface area contributed by atoms with E-state index in [0.29, 0.717) is 11.1 Å². The molecule has 1 aliphatic rings. The zero-order chi connectivity index (χ0) is 18.9. The van der Waals surface area contributed by atoms with E-state index in [9.17, 15) is 23.7 Å². The number of methoxy groups -OCH3 is 1. The highest BCUT2D eigenvalue weighted by Crippen LogP contribution is 2.27.